The maximum atomic E-state index is 12.0. The summed E-state index contributed by atoms with van der Waals surface area (Å²) >= 11 is 0. The van der Waals surface area contributed by atoms with Crippen molar-refractivity contribution in [3.05, 3.63) is 39.9 Å². The standard InChI is InChI=1S/C15H18N2O7/c1-3-23-14(19)13(15(20)24-4-2)16-12(18)9-10-5-7-11(8-6-10)17(21)22/h5-8,13H,3-4,9H2,1-2H3,(H,16,18). The SMILES string of the molecule is CCOC(=O)C(NC(=O)Cc1ccc([N+](=O)[O-])cc1)C(=O)OCC. The van der Waals surface area contributed by atoms with Crippen LogP contribution in [0.15, 0.2) is 24.3 Å². The summed E-state index contributed by atoms with van der Waals surface area (Å²) in [5, 5.41) is 12.8. The molecule has 130 valence electrons. The highest BCUT2D eigenvalue weighted by atomic mass is 16.6. The summed E-state index contributed by atoms with van der Waals surface area (Å²) in [6.45, 7) is 3.23. The zero-order valence-electron chi connectivity index (χ0n) is 13.3. The number of nitro groups is 1. The molecule has 1 amide bonds. The molecular formula is C15H18N2O7. The molecule has 0 aliphatic carbocycles. The molecular weight excluding hydrogens is 320 g/mol. The van der Waals surface area contributed by atoms with Crippen LogP contribution in [0.2, 0.25) is 0 Å². The zero-order valence-corrected chi connectivity index (χ0v) is 13.3. The smallest absolute Gasteiger partial charge is 0.340 e. The van der Waals surface area contributed by atoms with Gasteiger partial charge in [0.15, 0.2) is 0 Å². The average molecular weight is 338 g/mol. The number of hydrogen-bond acceptors (Lipinski definition) is 7. The lowest BCUT2D eigenvalue weighted by Gasteiger charge is -2.15. The lowest BCUT2D eigenvalue weighted by Crippen LogP contribution is -2.48. The predicted octanol–water partition coefficient (Wildman–Crippen LogP) is 0.748. The van der Waals surface area contributed by atoms with Gasteiger partial charge in [0.05, 0.1) is 24.6 Å². The van der Waals surface area contributed by atoms with Crippen molar-refractivity contribution in [3.63, 3.8) is 0 Å². The highest BCUT2D eigenvalue weighted by Gasteiger charge is 2.31. The first-order valence-electron chi connectivity index (χ1n) is 7.25. The number of esters is 2. The predicted molar refractivity (Wildman–Crippen MR) is 82.0 cm³/mol. The number of non-ortho nitro benzene ring substituents is 1. The van der Waals surface area contributed by atoms with Gasteiger partial charge in [0.2, 0.25) is 11.9 Å². The molecule has 0 fully saturated rings. The Hall–Kier alpha value is -2.97. The number of ether oxygens (including phenoxy) is 2. The fourth-order valence-corrected chi connectivity index (χ4v) is 1.80. The topological polar surface area (TPSA) is 125 Å². The van der Waals surface area contributed by atoms with Gasteiger partial charge < -0.3 is 14.8 Å². The molecule has 1 aromatic carbocycles. The normalized spacial score (nSPS) is 10.1. The van der Waals surface area contributed by atoms with E-state index in [-0.39, 0.29) is 25.3 Å². The minimum Gasteiger partial charge on any atom is -0.464 e. The summed E-state index contributed by atoms with van der Waals surface area (Å²) in [7, 11) is 0. The van der Waals surface area contributed by atoms with Crippen LogP contribution < -0.4 is 5.32 Å². The van der Waals surface area contributed by atoms with Gasteiger partial charge in [0.1, 0.15) is 0 Å². The average Bonchev–Trinajstić information content (AvgIpc) is 2.53. The van der Waals surface area contributed by atoms with Crippen LogP contribution in [0.5, 0.6) is 0 Å². The molecule has 9 heteroatoms. The molecule has 0 spiro atoms. The van der Waals surface area contributed by atoms with E-state index >= 15 is 0 Å². The Kier molecular flexibility index (Phi) is 7.34. The number of nitrogens with zero attached hydrogens (tertiary/aromatic N) is 1. The first-order valence-corrected chi connectivity index (χ1v) is 7.25. The third-order valence-corrected chi connectivity index (χ3v) is 2.86. The second-order valence-electron chi connectivity index (χ2n) is 4.60. The number of carbonyl (C=O) groups is 3. The Morgan fingerprint density at radius 2 is 1.58 bits per heavy atom. The molecule has 0 aliphatic heterocycles. The molecule has 0 atom stereocenters. The number of carbonyl (C=O) groups excluding carboxylic acids is 3. The molecule has 0 bridgehead atoms. The minimum absolute atomic E-state index is 0.0486. The van der Waals surface area contributed by atoms with Crippen molar-refractivity contribution in [2.24, 2.45) is 0 Å². The molecule has 0 heterocycles. The van der Waals surface area contributed by atoms with Gasteiger partial charge in [-0.15, -0.1) is 0 Å². The van der Waals surface area contributed by atoms with E-state index in [1.165, 1.54) is 24.3 Å². The Morgan fingerprint density at radius 3 is 2.00 bits per heavy atom. The van der Waals surface area contributed by atoms with Crippen molar-refractivity contribution in [1.29, 1.82) is 0 Å². The van der Waals surface area contributed by atoms with E-state index in [1.807, 2.05) is 0 Å². The van der Waals surface area contributed by atoms with Crippen molar-refractivity contribution in [2.45, 2.75) is 26.3 Å². The summed E-state index contributed by atoms with van der Waals surface area (Å²) in [6, 6.07) is 3.81. The summed E-state index contributed by atoms with van der Waals surface area (Å²) in [4.78, 5) is 45.5. The van der Waals surface area contributed by atoms with Gasteiger partial charge in [0, 0.05) is 12.1 Å². The molecule has 0 radical (unpaired) electrons. The second-order valence-corrected chi connectivity index (χ2v) is 4.60. The quantitative estimate of drug-likeness (QED) is 0.321. The highest BCUT2D eigenvalue weighted by Crippen LogP contribution is 2.12. The number of benzene rings is 1. The van der Waals surface area contributed by atoms with Crippen LogP contribution in [0.1, 0.15) is 19.4 Å². The molecule has 0 unspecified atom stereocenters. The number of nitrogens with one attached hydrogen (secondary N) is 1. The summed E-state index contributed by atoms with van der Waals surface area (Å²) < 4.78 is 9.47. The van der Waals surface area contributed by atoms with Gasteiger partial charge in [-0.2, -0.15) is 0 Å². The summed E-state index contributed by atoms with van der Waals surface area (Å²) in [5.41, 5.74) is 0.389. The molecule has 0 aromatic heterocycles. The third-order valence-electron chi connectivity index (χ3n) is 2.86. The van der Waals surface area contributed by atoms with Crippen LogP contribution >= 0.6 is 0 Å². The van der Waals surface area contributed by atoms with Crippen molar-refractivity contribution < 1.29 is 28.8 Å². The van der Waals surface area contributed by atoms with Gasteiger partial charge in [-0.25, -0.2) is 9.59 Å². The van der Waals surface area contributed by atoms with E-state index in [0.29, 0.717) is 5.56 Å². The monoisotopic (exact) mass is 338 g/mol. The van der Waals surface area contributed by atoms with Crippen LogP contribution in [-0.4, -0.2) is 42.0 Å². The Bertz CT molecular complexity index is 595. The van der Waals surface area contributed by atoms with E-state index in [0.717, 1.165) is 0 Å². The minimum atomic E-state index is -1.55. The summed E-state index contributed by atoms with van der Waals surface area (Å²) in [6.07, 6.45) is -0.159. The van der Waals surface area contributed by atoms with Crippen LogP contribution in [0, 0.1) is 10.1 Å². The van der Waals surface area contributed by atoms with Crippen molar-refractivity contribution >= 4 is 23.5 Å². The molecule has 1 rings (SSSR count). The first kappa shape index (κ1) is 19.1. The second kappa shape index (κ2) is 9.23. The number of amides is 1. The maximum absolute atomic E-state index is 12.0. The molecule has 24 heavy (non-hydrogen) atoms. The van der Waals surface area contributed by atoms with Gasteiger partial charge in [-0.1, -0.05) is 12.1 Å². The number of nitro benzene ring substituents is 1. The Balaban J connectivity index is 2.74. The molecule has 1 N–H and O–H groups in total. The fraction of sp³-hybridized carbons (Fsp3) is 0.400. The van der Waals surface area contributed by atoms with Gasteiger partial charge in [-0.3, -0.25) is 14.9 Å². The molecule has 1 aromatic rings. The largest absolute Gasteiger partial charge is 0.464 e. The van der Waals surface area contributed by atoms with Gasteiger partial charge >= 0.3 is 11.9 Å². The Labute approximate surface area is 138 Å². The molecule has 0 saturated carbocycles. The number of hydrogen-bond donors (Lipinski definition) is 1. The van der Waals surface area contributed by atoms with Crippen molar-refractivity contribution in [2.75, 3.05) is 13.2 Å². The molecule has 0 aliphatic rings. The lowest BCUT2D eigenvalue weighted by molar-refractivity contribution is -0.384. The third kappa shape index (κ3) is 5.67. The first-order chi connectivity index (χ1) is 11.4. The number of rotatable bonds is 8. The van der Waals surface area contributed by atoms with Crippen LogP contribution in [0.25, 0.3) is 0 Å². The van der Waals surface area contributed by atoms with E-state index in [1.54, 1.807) is 13.8 Å². The maximum Gasteiger partial charge on any atom is 0.340 e. The Morgan fingerprint density at radius 1 is 1.08 bits per heavy atom. The van der Waals surface area contributed by atoms with Crippen molar-refractivity contribution in [3.8, 4) is 0 Å². The van der Waals surface area contributed by atoms with Crippen LogP contribution in [0.3, 0.4) is 0 Å². The van der Waals surface area contributed by atoms with E-state index in [2.05, 4.69) is 5.32 Å². The van der Waals surface area contributed by atoms with Gasteiger partial charge in [0.25, 0.3) is 5.69 Å². The summed E-state index contributed by atoms with van der Waals surface area (Å²) in [5.74, 6) is -2.43. The van der Waals surface area contributed by atoms with Gasteiger partial charge in [-0.05, 0) is 19.4 Å². The van der Waals surface area contributed by atoms with Crippen LogP contribution in [-0.2, 0) is 30.3 Å². The lowest BCUT2D eigenvalue weighted by atomic mass is 10.1. The van der Waals surface area contributed by atoms with E-state index in [4.69, 9.17) is 9.47 Å². The van der Waals surface area contributed by atoms with Crippen molar-refractivity contribution in [1.82, 2.24) is 5.32 Å². The van der Waals surface area contributed by atoms with E-state index < -0.39 is 28.8 Å². The van der Waals surface area contributed by atoms with Crippen LogP contribution in [0.4, 0.5) is 5.69 Å². The molecule has 9 nitrogen and oxygen atoms in total. The zero-order chi connectivity index (χ0) is 18.1. The fourth-order valence-electron chi connectivity index (χ4n) is 1.80. The molecule has 0 saturated heterocycles. The van der Waals surface area contributed by atoms with E-state index in [9.17, 15) is 24.5 Å². The highest BCUT2D eigenvalue weighted by molar-refractivity contribution is 6.02.